The molecule has 2 rings (SSSR count). The molecule has 1 fully saturated rings. The number of piperidine rings is 1. The SMILES string of the molecule is COC1CCCN(C(=O)c2ccc(O)c(C)c2)C1. The molecule has 1 aromatic rings. The van der Waals surface area contributed by atoms with Crippen LogP contribution >= 0.6 is 0 Å². The van der Waals surface area contributed by atoms with Gasteiger partial charge >= 0.3 is 0 Å². The van der Waals surface area contributed by atoms with Crippen molar-refractivity contribution >= 4 is 5.91 Å². The Morgan fingerprint density at radius 3 is 2.94 bits per heavy atom. The highest BCUT2D eigenvalue weighted by Gasteiger charge is 2.24. The number of benzene rings is 1. The number of hydrogen-bond donors (Lipinski definition) is 1. The van der Waals surface area contributed by atoms with Crippen molar-refractivity contribution in [1.29, 1.82) is 0 Å². The molecular weight excluding hydrogens is 230 g/mol. The third-order valence-electron chi connectivity index (χ3n) is 3.44. The monoisotopic (exact) mass is 249 g/mol. The van der Waals surface area contributed by atoms with Gasteiger partial charge < -0.3 is 14.7 Å². The molecule has 0 aliphatic carbocycles. The maximum Gasteiger partial charge on any atom is 0.253 e. The summed E-state index contributed by atoms with van der Waals surface area (Å²) < 4.78 is 5.32. The fraction of sp³-hybridized carbons (Fsp3) is 0.500. The highest BCUT2D eigenvalue weighted by Crippen LogP contribution is 2.20. The Bertz CT molecular complexity index is 445. The third-order valence-corrected chi connectivity index (χ3v) is 3.44. The Balaban J connectivity index is 2.12. The first-order valence-electron chi connectivity index (χ1n) is 6.23. The van der Waals surface area contributed by atoms with Gasteiger partial charge in [-0.3, -0.25) is 4.79 Å². The van der Waals surface area contributed by atoms with E-state index < -0.39 is 0 Å². The van der Waals surface area contributed by atoms with Crippen LogP contribution in [0, 0.1) is 6.92 Å². The molecule has 1 amide bonds. The summed E-state index contributed by atoms with van der Waals surface area (Å²) in [6.45, 7) is 3.22. The predicted octanol–water partition coefficient (Wildman–Crippen LogP) is 1.95. The normalized spacial score (nSPS) is 19.9. The fourth-order valence-electron chi connectivity index (χ4n) is 2.29. The van der Waals surface area contributed by atoms with Gasteiger partial charge in [-0.2, -0.15) is 0 Å². The molecular formula is C14H19NO3. The number of phenolic OH excluding ortho intramolecular Hbond substituents is 1. The summed E-state index contributed by atoms with van der Waals surface area (Å²) in [6.07, 6.45) is 2.12. The first kappa shape index (κ1) is 12.9. The van der Waals surface area contributed by atoms with Gasteiger partial charge in [0.2, 0.25) is 0 Å². The van der Waals surface area contributed by atoms with E-state index in [9.17, 15) is 9.90 Å². The highest BCUT2D eigenvalue weighted by molar-refractivity contribution is 5.94. The summed E-state index contributed by atoms with van der Waals surface area (Å²) in [4.78, 5) is 14.1. The first-order valence-corrected chi connectivity index (χ1v) is 6.23. The average molecular weight is 249 g/mol. The number of carbonyl (C=O) groups excluding carboxylic acids is 1. The molecule has 4 nitrogen and oxygen atoms in total. The van der Waals surface area contributed by atoms with Gasteiger partial charge in [0, 0.05) is 25.8 Å². The lowest BCUT2D eigenvalue weighted by Crippen LogP contribution is -2.42. The summed E-state index contributed by atoms with van der Waals surface area (Å²) >= 11 is 0. The van der Waals surface area contributed by atoms with Crippen molar-refractivity contribution in [1.82, 2.24) is 4.90 Å². The zero-order valence-corrected chi connectivity index (χ0v) is 10.8. The Morgan fingerprint density at radius 2 is 2.28 bits per heavy atom. The summed E-state index contributed by atoms with van der Waals surface area (Å²) in [6, 6.07) is 4.97. The van der Waals surface area contributed by atoms with Crippen LogP contribution in [0.1, 0.15) is 28.8 Å². The molecule has 0 spiro atoms. The van der Waals surface area contributed by atoms with E-state index >= 15 is 0 Å². The van der Waals surface area contributed by atoms with Crippen molar-refractivity contribution in [3.8, 4) is 5.75 Å². The summed E-state index contributed by atoms with van der Waals surface area (Å²) in [5, 5.41) is 9.47. The number of hydrogen-bond acceptors (Lipinski definition) is 3. The van der Waals surface area contributed by atoms with E-state index in [1.165, 1.54) is 0 Å². The number of aromatic hydroxyl groups is 1. The van der Waals surface area contributed by atoms with Crippen LogP contribution in [0.2, 0.25) is 0 Å². The number of rotatable bonds is 2. The van der Waals surface area contributed by atoms with E-state index in [0.717, 1.165) is 24.9 Å². The van der Waals surface area contributed by atoms with Crippen molar-refractivity contribution in [3.63, 3.8) is 0 Å². The van der Waals surface area contributed by atoms with Crippen LogP contribution in [-0.2, 0) is 4.74 Å². The van der Waals surface area contributed by atoms with Gasteiger partial charge in [0.05, 0.1) is 6.10 Å². The zero-order valence-electron chi connectivity index (χ0n) is 10.8. The van der Waals surface area contributed by atoms with Crippen LogP contribution in [0.4, 0.5) is 0 Å². The van der Waals surface area contributed by atoms with Gasteiger partial charge in [0.1, 0.15) is 5.75 Å². The molecule has 1 unspecified atom stereocenters. The van der Waals surface area contributed by atoms with Crippen molar-refractivity contribution in [3.05, 3.63) is 29.3 Å². The summed E-state index contributed by atoms with van der Waals surface area (Å²) in [7, 11) is 1.68. The third kappa shape index (κ3) is 2.64. The molecule has 1 atom stereocenters. The molecule has 98 valence electrons. The lowest BCUT2D eigenvalue weighted by Gasteiger charge is -2.32. The number of methoxy groups -OCH3 is 1. The largest absolute Gasteiger partial charge is 0.508 e. The molecule has 1 heterocycles. The molecule has 4 heteroatoms. The van der Waals surface area contributed by atoms with Crippen molar-refractivity contribution < 1.29 is 14.6 Å². The van der Waals surface area contributed by atoms with Gasteiger partial charge in [-0.25, -0.2) is 0 Å². The maximum absolute atomic E-state index is 12.3. The minimum Gasteiger partial charge on any atom is -0.508 e. The Kier molecular flexibility index (Phi) is 3.87. The van der Waals surface area contributed by atoms with E-state index in [1.54, 1.807) is 32.2 Å². The lowest BCUT2D eigenvalue weighted by atomic mass is 10.1. The molecule has 1 aliphatic heterocycles. The predicted molar refractivity (Wildman–Crippen MR) is 68.8 cm³/mol. The number of aryl methyl sites for hydroxylation is 1. The van der Waals surface area contributed by atoms with E-state index in [4.69, 9.17) is 4.74 Å². The second kappa shape index (κ2) is 5.40. The number of nitrogens with zero attached hydrogens (tertiary/aromatic N) is 1. The van der Waals surface area contributed by atoms with Gasteiger partial charge in [-0.15, -0.1) is 0 Å². The molecule has 1 aromatic carbocycles. The zero-order chi connectivity index (χ0) is 13.1. The molecule has 0 aromatic heterocycles. The van der Waals surface area contributed by atoms with Crippen LogP contribution in [0.25, 0.3) is 0 Å². The maximum atomic E-state index is 12.3. The summed E-state index contributed by atoms with van der Waals surface area (Å²) in [5.74, 6) is 0.236. The second-order valence-electron chi connectivity index (χ2n) is 4.75. The van der Waals surface area contributed by atoms with Gasteiger partial charge in [-0.1, -0.05) is 0 Å². The topological polar surface area (TPSA) is 49.8 Å². The van der Waals surface area contributed by atoms with Crippen LogP contribution in [0.3, 0.4) is 0 Å². The lowest BCUT2D eigenvalue weighted by molar-refractivity contribution is 0.0269. The molecule has 1 saturated heterocycles. The number of carbonyl (C=O) groups is 1. The molecule has 0 radical (unpaired) electrons. The summed E-state index contributed by atoms with van der Waals surface area (Å²) in [5.41, 5.74) is 1.35. The van der Waals surface area contributed by atoms with E-state index in [2.05, 4.69) is 0 Å². The average Bonchev–Trinajstić information content (AvgIpc) is 2.41. The first-order chi connectivity index (χ1) is 8.61. The minimum absolute atomic E-state index is 0.0138. The number of amides is 1. The van der Waals surface area contributed by atoms with Crippen LogP contribution in [0.5, 0.6) is 5.75 Å². The van der Waals surface area contributed by atoms with Crippen molar-refractivity contribution in [2.45, 2.75) is 25.9 Å². The number of phenols is 1. The van der Waals surface area contributed by atoms with Crippen LogP contribution in [0.15, 0.2) is 18.2 Å². The van der Waals surface area contributed by atoms with Crippen molar-refractivity contribution in [2.24, 2.45) is 0 Å². The standard InChI is InChI=1S/C14H19NO3/c1-10-8-11(5-6-13(10)16)14(17)15-7-3-4-12(9-15)18-2/h5-6,8,12,16H,3-4,7,9H2,1-2H3. The van der Waals surface area contributed by atoms with Crippen LogP contribution in [-0.4, -0.2) is 42.2 Å². The Morgan fingerprint density at radius 1 is 1.50 bits per heavy atom. The fourth-order valence-corrected chi connectivity index (χ4v) is 2.29. The van der Waals surface area contributed by atoms with Crippen molar-refractivity contribution in [2.75, 3.05) is 20.2 Å². The van der Waals surface area contributed by atoms with E-state index in [1.807, 2.05) is 4.90 Å². The van der Waals surface area contributed by atoms with Crippen LogP contribution < -0.4 is 0 Å². The molecule has 1 aliphatic rings. The Hall–Kier alpha value is -1.55. The number of ether oxygens (including phenoxy) is 1. The van der Waals surface area contributed by atoms with E-state index in [0.29, 0.717) is 12.1 Å². The van der Waals surface area contributed by atoms with Gasteiger partial charge in [0.25, 0.3) is 5.91 Å². The minimum atomic E-state index is 0.0138. The van der Waals surface area contributed by atoms with E-state index in [-0.39, 0.29) is 17.8 Å². The molecule has 0 bridgehead atoms. The smallest absolute Gasteiger partial charge is 0.253 e. The number of likely N-dealkylation sites (tertiary alicyclic amines) is 1. The second-order valence-corrected chi connectivity index (χ2v) is 4.75. The quantitative estimate of drug-likeness (QED) is 0.871. The molecule has 0 saturated carbocycles. The van der Waals surface area contributed by atoms with Gasteiger partial charge in [-0.05, 0) is 43.5 Å². The van der Waals surface area contributed by atoms with Gasteiger partial charge in [0.15, 0.2) is 0 Å². The molecule has 1 N–H and O–H groups in total. The Labute approximate surface area is 107 Å². The molecule has 18 heavy (non-hydrogen) atoms. The highest BCUT2D eigenvalue weighted by atomic mass is 16.5.